The highest BCUT2D eigenvalue weighted by Crippen LogP contribution is 2.33. The molecule has 2 amide bonds. The first-order valence-corrected chi connectivity index (χ1v) is 8.67. The van der Waals surface area contributed by atoms with E-state index >= 15 is 0 Å². The van der Waals surface area contributed by atoms with Crippen LogP contribution < -0.4 is 5.32 Å². The average Bonchev–Trinajstić information content (AvgIpc) is 3.08. The van der Waals surface area contributed by atoms with Crippen LogP contribution in [0.3, 0.4) is 0 Å². The third-order valence-corrected chi connectivity index (χ3v) is 5.00. The van der Waals surface area contributed by atoms with E-state index in [0.29, 0.717) is 0 Å². The van der Waals surface area contributed by atoms with Crippen LogP contribution in [0.4, 0.5) is 5.69 Å². The van der Waals surface area contributed by atoms with Crippen LogP contribution in [-0.2, 0) is 9.59 Å². The third kappa shape index (κ3) is 3.71. The Bertz CT molecular complexity index is 581. The van der Waals surface area contributed by atoms with E-state index in [4.69, 9.17) is 0 Å². The Morgan fingerprint density at radius 2 is 1.83 bits per heavy atom. The molecule has 1 saturated carbocycles. The largest absolute Gasteiger partial charge is 0.342 e. The summed E-state index contributed by atoms with van der Waals surface area (Å²) in [5.74, 6) is -0.184. The van der Waals surface area contributed by atoms with E-state index < -0.39 is 0 Å². The van der Waals surface area contributed by atoms with E-state index in [2.05, 4.69) is 10.3 Å². The van der Waals surface area contributed by atoms with Crippen LogP contribution in [0.15, 0.2) is 18.3 Å². The highest BCUT2D eigenvalue weighted by molar-refractivity contribution is 5.96. The van der Waals surface area contributed by atoms with Gasteiger partial charge in [0.2, 0.25) is 11.8 Å². The molecule has 2 atom stereocenters. The minimum Gasteiger partial charge on any atom is -0.342 e. The maximum Gasteiger partial charge on any atom is 0.228 e. The molecule has 124 valence electrons. The van der Waals surface area contributed by atoms with Crippen LogP contribution in [0.25, 0.3) is 0 Å². The molecule has 0 aromatic carbocycles. The molecule has 1 aliphatic carbocycles. The Labute approximate surface area is 137 Å². The number of rotatable bonds is 3. The predicted molar refractivity (Wildman–Crippen MR) is 88.9 cm³/mol. The zero-order valence-electron chi connectivity index (χ0n) is 13.8. The number of nitrogens with one attached hydrogen (secondary N) is 1. The Kier molecular flexibility index (Phi) is 4.94. The second-order valence-electron chi connectivity index (χ2n) is 6.70. The predicted octanol–water partition coefficient (Wildman–Crippen LogP) is 2.76. The van der Waals surface area contributed by atoms with Gasteiger partial charge in [-0.05, 0) is 44.7 Å². The number of likely N-dealkylation sites (tertiary alicyclic amines) is 1. The van der Waals surface area contributed by atoms with Gasteiger partial charge in [-0.15, -0.1) is 0 Å². The second kappa shape index (κ2) is 7.11. The zero-order valence-corrected chi connectivity index (χ0v) is 13.8. The molecule has 1 aliphatic heterocycles. The summed E-state index contributed by atoms with van der Waals surface area (Å²) in [6.45, 7) is 3.61. The number of hydrogen-bond donors (Lipinski definition) is 1. The van der Waals surface area contributed by atoms with Crippen molar-refractivity contribution in [3.05, 3.63) is 24.0 Å². The van der Waals surface area contributed by atoms with Crippen molar-refractivity contribution in [2.75, 3.05) is 18.4 Å². The summed E-state index contributed by atoms with van der Waals surface area (Å²) in [6.07, 6.45) is 7.58. The lowest BCUT2D eigenvalue weighted by Gasteiger charge is -2.32. The van der Waals surface area contributed by atoms with E-state index in [1.165, 1.54) is 0 Å². The first-order chi connectivity index (χ1) is 11.1. The molecule has 23 heavy (non-hydrogen) atoms. The van der Waals surface area contributed by atoms with Crippen LogP contribution in [0.1, 0.15) is 44.2 Å². The van der Waals surface area contributed by atoms with Crippen molar-refractivity contribution in [1.82, 2.24) is 9.88 Å². The fourth-order valence-corrected chi connectivity index (χ4v) is 3.77. The van der Waals surface area contributed by atoms with Gasteiger partial charge in [-0.1, -0.05) is 12.8 Å². The van der Waals surface area contributed by atoms with Crippen molar-refractivity contribution in [3.8, 4) is 0 Å². The molecule has 1 aromatic rings. The summed E-state index contributed by atoms with van der Waals surface area (Å²) in [7, 11) is 0. The van der Waals surface area contributed by atoms with Crippen molar-refractivity contribution in [3.63, 3.8) is 0 Å². The summed E-state index contributed by atoms with van der Waals surface area (Å²) in [5, 5.41) is 2.98. The maximum atomic E-state index is 12.8. The number of pyridine rings is 1. The van der Waals surface area contributed by atoms with E-state index in [1.54, 1.807) is 12.3 Å². The molecule has 1 aromatic heterocycles. The number of anilines is 1. The molecule has 3 rings (SSSR count). The number of hydrogen-bond acceptors (Lipinski definition) is 3. The zero-order chi connectivity index (χ0) is 16.2. The Balaban J connectivity index is 1.70. The highest BCUT2D eigenvalue weighted by atomic mass is 16.2. The van der Waals surface area contributed by atoms with Gasteiger partial charge >= 0.3 is 0 Å². The lowest BCUT2D eigenvalue weighted by molar-refractivity contribution is -0.141. The Morgan fingerprint density at radius 3 is 2.52 bits per heavy atom. The summed E-state index contributed by atoms with van der Waals surface area (Å²) in [6, 6.07) is 3.66. The summed E-state index contributed by atoms with van der Waals surface area (Å²) < 4.78 is 0. The minimum atomic E-state index is -0.203. The van der Waals surface area contributed by atoms with Crippen LogP contribution in [0, 0.1) is 18.8 Å². The lowest BCUT2D eigenvalue weighted by Crippen LogP contribution is -2.42. The van der Waals surface area contributed by atoms with E-state index in [9.17, 15) is 9.59 Å². The van der Waals surface area contributed by atoms with Crippen LogP contribution >= 0.6 is 0 Å². The normalized spacial score (nSPS) is 24.5. The van der Waals surface area contributed by atoms with Gasteiger partial charge in [-0.2, -0.15) is 0 Å². The molecule has 0 unspecified atom stereocenters. The van der Waals surface area contributed by atoms with Gasteiger partial charge in [0.05, 0.1) is 0 Å². The first kappa shape index (κ1) is 16.0. The minimum absolute atomic E-state index is 0.0205. The van der Waals surface area contributed by atoms with E-state index in [-0.39, 0.29) is 23.7 Å². The number of carbonyl (C=O) groups excluding carboxylic acids is 2. The molecule has 5 heteroatoms. The number of nitrogens with zero attached hydrogens (tertiary/aromatic N) is 2. The number of aromatic nitrogens is 1. The van der Waals surface area contributed by atoms with Gasteiger partial charge in [-0.25, -0.2) is 0 Å². The average molecular weight is 315 g/mol. The molecular weight excluding hydrogens is 290 g/mol. The second-order valence-corrected chi connectivity index (χ2v) is 6.70. The van der Waals surface area contributed by atoms with Gasteiger partial charge in [0.15, 0.2) is 0 Å². The van der Waals surface area contributed by atoms with Gasteiger partial charge in [0.25, 0.3) is 0 Å². The monoisotopic (exact) mass is 315 g/mol. The summed E-state index contributed by atoms with van der Waals surface area (Å²) >= 11 is 0. The molecule has 0 radical (unpaired) electrons. The highest BCUT2D eigenvalue weighted by Gasteiger charge is 2.38. The van der Waals surface area contributed by atoms with Crippen molar-refractivity contribution < 1.29 is 9.59 Å². The van der Waals surface area contributed by atoms with Gasteiger partial charge < -0.3 is 10.2 Å². The standard InChI is InChI=1S/C18H25N3O2/c1-13-12-14(8-9-19-13)20-17(22)15-6-2-3-7-16(15)18(23)21-10-4-5-11-21/h8-9,12,15-16H,2-7,10-11H2,1H3,(H,19,20,22)/t15-,16-/m0/s1. The molecule has 1 saturated heterocycles. The van der Waals surface area contributed by atoms with Crippen LogP contribution in [0.2, 0.25) is 0 Å². The molecular formula is C18H25N3O2. The first-order valence-electron chi connectivity index (χ1n) is 8.67. The smallest absolute Gasteiger partial charge is 0.228 e. The van der Waals surface area contributed by atoms with Crippen LogP contribution in [0.5, 0.6) is 0 Å². The van der Waals surface area contributed by atoms with Crippen molar-refractivity contribution >= 4 is 17.5 Å². The lowest BCUT2D eigenvalue weighted by atomic mass is 9.77. The third-order valence-electron chi connectivity index (χ3n) is 5.00. The quantitative estimate of drug-likeness (QED) is 0.933. The molecule has 5 nitrogen and oxygen atoms in total. The molecule has 2 heterocycles. The van der Waals surface area contributed by atoms with Crippen molar-refractivity contribution in [2.45, 2.75) is 45.4 Å². The van der Waals surface area contributed by atoms with Gasteiger partial charge in [0, 0.05) is 42.5 Å². The molecule has 0 bridgehead atoms. The maximum absolute atomic E-state index is 12.8. The molecule has 0 spiro atoms. The number of amides is 2. The molecule has 2 fully saturated rings. The fourth-order valence-electron chi connectivity index (χ4n) is 3.77. The van der Waals surface area contributed by atoms with Gasteiger partial charge in [-0.3, -0.25) is 14.6 Å². The Morgan fingerprint density at radius 1 is 1.13 bits per heavy atom. The number of aryl methyl sites for hydroxylation is 1. The molecule has 2 aliphatic rings. The Hall–Kier alpha value is -1.91. The van der Waals surface area contributed by atoms with Gasteiger partial charge in [0.1, 0.15) is 0 Å². The number of carbonyl (C=O) groups is 2. The van der Waals surface area contributed by atoms with Crippen molar-refractivity contribution in [1.29, 1.82) is 0 Å². The fraction of sp³-hybridized carbons (Fsp3) is 0.611. The van der Waals surface area contributed by atoms with Crippen molar-refractivity contribution in [2.24, 2.45) is 11.8 Å². The summed E-state index contributed by atoms with van der Waals surface area (Å²) in [4.78, 5) is 31.6. The SMILES string of the molecule is Cc1cc(NC(=O)[C@H]2CCCC[C@@H]2C(=O)N2CCCC2)ccn1. The topological polar surface area (TPSA) is 62.3 Å². The van der Waals surface area contributed by atoms with Crippen LogP contribution in [-0.4, -0.2) is 34.8 Å². The van der Waals surface area contributed by atoms with E-state index in [1.807, 2.05) is 17.9 Å². The van der Waals surface area contributed by atoms with E-state index in [0.717, 1.165) is 63.0 Å². The summed E-state index contributed by atoms with van der Waals surface area (Å²) in [5.41, 5.74) is 1.64. The molecule has 1 N–H and O–H groups in total.